The van der Waals surface area contributed by atoms with Crippen molar-refractivity contribution in [3.05, 3.63) is 30.1 Å². The number of rotatable bonds is 6. The van der Waals surface area contributed by atoms with Gasteiger partial charge in [0.2, 0.25) is 5.91 Å². The molecule has 1 amide bonds. The molecule has 0 aliphatic carbocycles. The zero-order chi connectivity index (χ0) is 15.1. The molecule has 1 aromatic heterocycles. The Kier molecular flexibility index (Phi) is 5.74. The van der Waals surface area contributed by atoms with Crippen LogP contribution in [0.1, 0.15) is 38.2 Å². The molecule has 116 valence electrons. The Morgan fingerprint density at radius 3 is 2.62 bits per heavy atom. The largest absolute Gasteiger partial charge is 0.345 e. The predicted molar refractivity (Wildman–Crippen MR) is 85.0 cm³/mol. The van der Waals surface area contributed by atoms with Gasteiger partial charge in [-0.1, -0.05) is 13.3 Å². The van der Waals surface area contributed by atoms with E-state index in [2.05, 4.69) is 17.2 Å². The van der Waals surface area contributed by atoms with E-state index in [1.807, 2.05) is 36.5 Å². The number of carbonyl (C=O) groups is 1. The molecule has 0 spiro atoms. The number of likely N-dealkylation sites (N-methyl/N-ethyl adjacent to an activating group) is 1. The Hall–Kier alpha value is -1.42. The van der Waals surface area contributed by atoms with Crippen LogP contribution in [0.15, 0.2) is 24.5 Å². The van der Waals surface area contributed by atoms with Crippen molar-refractivity contribution in [1.29, 1.82) is 0 Å². The maximum Gasteiger partial charge on any atom is 0.228 e. The predicted octanol–water partition coefficient (Wildman–Crippen LogP) is 2.25. The number of aromatic nitrogens is 1. The molecule has 4 heteroatoms. The number of hydrogen-bond acceptors (Lipinski definition) is 3. The SMILES string of the molecule is CCCC1(C(=O)N(C)CCc2ccncc2)CCNCC1. The first-order valence-corrected chi connectivity index (χ1v) is 8.03. The van der Waals surface area contributed by atoms with Crippen LogP contribution in [-0.4, -0.2) is 42.5 Å². The molecule has 1 saturated heterocycles. The van der Waals surface area contributed by atoms with Crippen molar-refractivity contribution < 1.29 is 4.79 Å². The summed E-state index contributed by atoms with van der Waals surface area (Å²) in [4.78, 5) is 18.9. The summed E-state index contributed by atoms with van der Waals surface area (Å²) in [5.41, 5.74) is 1.10. The van der Waals surface area contributed by atoms with Gasteiger partial charge in [0, 0.05) is 26.0 Å². The van der Waals surface area contributed by atoms with Gasteiger partial charge in [0.15, 0.2) is 0 Å². The van der Waals surface area contributed by atoms with Gasteiger partial charge in [-0.15, -0.1) is 0 Å². The van der Waals surface area contributed by atoms with Gasteiger partial charge in [-0.25, -0.2) is 0 Å². The van der Waals surface area contributed by atoms with Gasteiger partial charge in [-0.3, -0.25) is 9.78 Å². The lowest BCUT2D eigenvalue weighted by Crippen LogP contribution is -2.48. The lowest BCUT2D eigenvalue weighted by Gasteiger charge is -2.39. The van der Waals surface area contributed by atoms with Crippen LogP contribution < -0.4 is 5.32 Å². The highest BCUT2D eigenvalue weighted by Crippen LogP contribution is 2.35. The molecule has 0 atom stereocenters. The molecule has 1 fully saturated rings. The third-order valence-electron chi connectivity index (χ3n) is 4.57. The first kappa shape index (κ1) is 16.0. The van der Waals surface area contributed by atoms with Crippen LogP contribution >= 0.6 is 0 Å². The maximum absolute atomic E-state index is 12.9. The maximum atomic E-state index is 12.9. The normalized spacial score (nSPS) is 17.4. The smallest absolute Gasteiger partial charge is 0.228 e. The molecule has 1 N–H and O–H groups in total. The van der Waals surface area contributed by atoms with Gasteiger partial charge in [0.1, 0.15) is 0 Å². The molecule has 0 radical (unpaired) electrons. The number of nitrogens with one attached hydrogen (secondary N) is 1. The van der Waals surface area contributed by atoms with Gasteiger partial charge >= 0.3 is 0 Å². The van der Waals surface area contributed by atoms with Gasteiger partial charge in [0.05, 0.1) is 5.41 Å². The summed E-state index contributed by atoms with van der Waals surface area (Å²) >= 11 is 0. The van der Waals surface area contributed by atoms with Crippen molar-refractivity contribution >= 4 is 5.91 Å². The number of carbonyl (C=O) groups excluding carboxylic acids is 1. The molecule has 2 heterocycles. The molecule has 2 rings (SSSR count). The van der Waals surface area contributed by atoms with E-state index in [4.69, 9.17) is 0 Å². The zero-order valence-corrected chi connectivity index (χ0v) is 13.3. The van der Waals surface area contributed by atoms with Crippen molar-refractivity contribution in [3.8, 4) is 0 Å². The highest BCUT2D eigenvalue weighted by molar-refractivity contribution is 5.82. The Morgan fingerprint density at radius 2 is 2.00 bits per heavy atom. The van der Waals surface area contributed by atoms with Crippen LogP contribution in [0.5, 0.6) is 0 Å². The van der Waals surface area contributed by atoms with Gasteiger partial charge in [-0.05, 0) is 56.5 Å². The lowest BCUT2D eigenvalue weighted by atomic mass is 9.74. The quantitative estimate of drug-likeness (QED) is 0.873. The van der Waals surface area contributed by atoms with Crippen LogP contribution in [0.25, 0.3) is 0 Å². The Morgan fingerprint density at radius 1 is 1.33 bits per heavy atom. The highest BCUT2D eigenvalue weighted by atomic mass is 16.2. The van der Waals surface area contributed by atoms with E-state index < -0.39 is 0 Å². The first-order valence-electron chi connectivity index (χ1n) is 8.03. The molecular formula is C17H27N3O. The van der Waals surface area contributed by atoms with E-state index in [-0.39, 0.29) is 5.41 Å². The van der Waals surface area contributed by atoms with E-state index in [0.29, 0.717) is 5.91 Å². The summed E-state index contributed by atoms with van der Waals surface area (Å²) in [6.45, 7) is 4.88. The summed E-state index contributed by atoms with van der Waals surface area (Å²) in [6, 6.07) is 4.04. The van der Waals surface area contributed by atoms with Crippen molar-refractivity contribution in [2.24, 2.45) is 5.41 Å². The average Bonchev–Trinajstić information content (AvgIpc) is 2.54. The molecule has 1 aliphatic rings. The second-order valence-corrected chi connectivity index (χ2v) is 6.11. The van der Waals surface area contributed by atoms with Crippen LogP contribution in [0.4, 0.5) is 0 Å². The summed E-state index contributed by atoms with van der Waals surface area (Å²) in [7, 11) is 1.95. The van der Waals surface area contributed by atoms with Gasteiger partial charge in [0.25, 0.3) is 0 Å². The molecule has 0 unspecified atom stereocenters. The van der Waals surface area contributed by atoms with Crippen LogP contribution in [0.2, 0.25) is 0 Å². The fraction of sp³-hybridized carbons (Fsp3) is 0.647. The Bertz CT molecular complexity index is 435. The first-order chi connectivity index (χ1) is 10.2. The summed E-state index contributed by atoms with van der Waals surface area (Å²) in [6.07, 6.45) is 8.53. The molecule has 21 heavy (non-hydrogen) atoms. The highest BCUT2D eigenvalue weighted by Gasteiger charge is 2.40. The standard InChI is InChI=1S/C17H27N3O/c1-3-7-17(8-12-19-13-9-17)16(21)20(2)14-6-15-4-10-18-11-5-15/h4-5,10-11,19H,3,6-9,12-14H2,1-2H3. The second-order valence-electron chi connectivity index (χ2n) is 6.11. The zero-order valence-electron chi connectivity index (χ0n) is 13.3. The second kappa shape index (κ2) is 7.55. The molecule has 4 nitrogen and oxygen atoms in total. The number of nitrogens with zero attached hydrogens (tertiary/aromatic N) is 2. The van der Waals surface area contributed by atoms with Crippen molar-refractivity contribution in [1.82, 2.24) is 15.2 Å². The number of piperidine rings is 1. The third-order valence-corrected chi connectivity index (χ3v) is 4.57. The summed E-state index contributed by atoms with van der Waals surface area (Å²) < 4.78 is 0. The van der Waals surface area contributed by atoms with Crippen molar-refractivity contribution in [3.63, 3.8) is 0 Å². The minimum Gasteiger partial charge on any atom is -0.345 e. The molecule has 0 bridgehead atoms. The van der Waals surface area contributed by atoms with Crippen LogP contribution in [-0.2, 0) is 11.2 Å². The molecule has 1 aromatic rings. The van der Waals surface area contributed by atoms with E-state index in [1.165, 1.54) is 5.56 Å². The summed E-state index contributed by atoms with van der Waals surface area (Å²) in [5, 5.41) is 3.37. The fourth-order valence-electron chi connectivity index (χ4n) is 3.31. The lowest BCUT2D eigenvalue weighted by molar-refractivity contribution is -0.143. The van der Waals surface area contributed by atoms with E-state index >= 15 is 0 Å². The van der Waals surface area contributed by atoms with E-state index in [0.717, 1.165) is 51.7 Å². The minimum atomic E-state index is -0.132. The number of pyridine rings is 1. The van der Waals surface area contributed by atoms with Crippen molar-refractivity contribution in [2.45, 2.75) is 39.0 Å². The van der Waals surface area contributed by atoms with Gasteiger partial charge < -0.3 is 10.2 Å². The average molecular weight is 289 g/mol. The van der Waals surface area contributed by atoms with E-state index in [1.54, 1.807) is 0 Å². The monoisotopic (exact) mass is 289 g/mol. The minimum absolute atomic E-state index is 0.132. The van der Waals surface area contributed by atoms with Gasteiger partial charge in [-0.2, -0.15) is 0 Å². The van der Waals surface area contributed by atoms with Crippen LogP contribution in [0, 0.1) is 5.41 Å². The summed E-state index contributed by atoms with van der Waals surface area (Å²) in [5.74, 6) is 0.333. The topological polar surface area (TPSA) is 45.2 Å². The Labute approximate surface area is 127 Å². The van der Waals surface area contributed by atoms with Crippen molar-refractivity contribution in [2.75, 3.05) is 26.7 Å². The van der Waals surface area contributed by atoms with E-state index in [9.17, 15) is 4.79 Å². The van der Waals surface area contributed by atoms with Crippen LogP contribution in [0.3, 0.4) is 0 Å². The fourth-order valence-corrected chi connectivity index (χ4v) is 3.31. The number of amides is 1. The molecule has 1 aliphatic heterocycles. The molecule has 0 aromatic carbocycles. The Balaban J connectivity index is 1.96. The molecular weight excluding hydrogens is 262 g/mol. The molecule has 0 saturated carbocycles. The number of hydrogen-bond donors (Lipinski definition) is 1. The third kappa shape index (κ3) is 4.03.